The molecule has 0 radical (unpaired) electrons. The summed E-state index contributed by atoms with van der Waals surface area (Å²) in [6, 6.07) is 23.7. The number of nitrogens with one attached hydrogen (secondary N) is 3. The zero-order chi connectivity index (χ0) is 59.8. The summed E-state index contributed by atoms with van der Waals surface area (Å²) in [4.78, 5) is 118. The minimum atomic E-state index is -0.766. The first-order chi connectivity index (χ1) is 40.8. The molecule has 0 saturated carbocycles. The smallest absolute Gasteiger partial charge is 0.268 e. The number of carbonyl (C=O) groups excluding carboxylic acids is 6. The first-order valence-corrected chi connectivity index (χ1v) is 26.8. The lowest BCUT2D eigenvalue weighted by Crippen LogP contribution is -2.46. The van der Waals surface area contributed by atoms with Gasteiger partial charge in [0.15, 0.2) is 17.5 Å². The van der Waals surface area contributed by atoms with Crippen LogP contribution in [-0.4, -0.2) is 161 Å². The van der Waals surface area contributed by atoms with Crippen molar-refractivity contribution in [3.63, 3.8) is 0 Å². The van der Waals surface area contributed by atoms with Gasteiger partial charge in [-0.3, -0.25) is 43.3 Å². The number of benzene rings is 3. The van der Waals surface area contributed by atoms with Crippen LogP contribution in [0.15, 0.2) is 146 Å². The van der Waals surface area contributed by atoms with Gasteiger partial charge in [0, 0.05) is 74.6 Å². The summed E-state index contributed by atoms with van der Waals surface area (Å²) in [5.74, 6) is 0.268. The van der Waals surface area contributed by atoms with Crippen LogP contribution in [0.1, 0.15) is 69.6 Å². The minimum Gasteiger partial charge on any atom is -0.477 e. The quantitative estimate of drug-likeness (QED) is 0.128. The highest BCUT2D eigenvalue weighted by molar-refractivity contribution is 6.04. The van der Waals surface area contributed by atoms with E-state index in [1.165, 1.54) is 42.5 Å². The fourth-order valence-electron chi connectivity index (χ4n) is 8.33. The fraction of sp³-hybridized carbons (Fsp3) is 0.300. The van der Waals surface area contributed by atoms with Crippen LogP contribution in [0.25, 0.3) is 34.2 Å². The van der Waals surface area contributed by atoms with E-state index in [0.29, 0.717) is 127 Å². The van der Waals surface area contributed by atoms with Gasteiger partial charge in [-0.1, -0.05) is 91.1 Å². The molecule has 0 unspecified atom stereocenters. The number of rotatable bonds is 6. The first kappa shape index (κ1) is 61.8. The molecule has 3 aliphatic rings. The maximum atomic E-state index is 13.0. The second-order valence-electron chi connectivity index (χ2n) is 18.5. The number of amides is 6. The Labute approximate surface area is 485 Å². The third kappa shape index (κ3) is 17.1. The van der Waals surface area contributed by atoms with Crippen molar-refractivity contribution < 1.29 is 57.5 Å². The van der Waals surface area contributed by atoms with E-state index in [0.717, 1.165) is 15.2 Å². The van der Waals surface area contributed by atoms with Crippen molar-refractivity contribution in [1.29, 1.82) is 0 Å². The lowest BCUT2D eigenvalue weighted by Gasteiger charge is -2.22. The Hall–Kier alpha value is -9.78. The molecule has 0 spiro atoms. The normalized spacial score (nSPS) is 17.7. The van der Waals surface area contributed by atoms with Gasteiger partial charge < -0.3 is 30.2 Å². The lowest BCUT2D eigenvalue weighted by molar-refractivity contribution is -0.171. The van der Waals surface area contributed by atoms with Crippen LogP contribution < -0.4 is 30.2 Å². The van der Waals surface area contributed by atoms with E-state index < -0.39 is 18.1 Å². The Bertz CT molecular complexity index is 3000. The van der Waals surface area contributed by atoms with Crippen LogP contribution in [0.3, 0.4) is 0 Å². The van der Waals surface area contributed by atoms with E-state index >= 15 is 0 Å². The topological polar surface area (TPSA) is 281 Å². The van der Waals surface area contributed by atoms with E-state index in [4.69, 9.17) is 28.7 Å². The highest BCUT2D eigenvalue weighted by atomic mass is 16.7. The lowest BCUT2D eigenvalue weighted by atomic mass is 10.0. The van der Waals surface area contributed by atoms with Crippen LogP contribution in [0.4, 0.5) is 0 Å². The van der Waals surface area contributed by atoms with Crippen LogP contribution in [0.2, 0.25) is 0 Å². The predicted octanol–water partition coefficient (Wildman–Crippen LogP) is 5.97. The Morgan fingerprint density at radius 3 is 0.940 bits per heavy atom. The molecule has 3 N–H and O–H groups in total. The van der Waals surface area contributed by atoms with Crippen LogP contribution in [-0.2, 0) is 28.9 Å². The molecule has 6 aromatic rings. The largest absolute Gasteiger partial charge is 0.477 e. The van der Waals surface area contributed by atoms with Gasteiger partial charge >= 0.3 is 0 Å². The van der Waals surface area contributed by atoms with Gasteiger partial charge in [-0.25, -0.2) is 30.1 Å². The second-order valence-corrected chi connectivity index (χ2v) is 18.5. The Morgan fingerprint density at radius 1 is 0.417 bits per heavy atom. The number of nitrogens with zero attached hydrogens (tertiary/aromatic N) is 9. The zero-order valence-corrected chi connectivity index (χ0v) is 47.4. The number of fused-ring (bicyclic) bond motifs is 12. The summed E-state index contributed by atoms with van der Waals surface area (Å²) < 4.78 is 17.0. The van der Waals surface area contributed by atoms with Gasteiger partial charge in [-0.2, -0.15) is 15.0 Å². The number of hydroxylamine groups is 6. The number of likely N-dealkylation sites (N-methyl/N-ethyl adjacent to an activating group) is 3. The number of aromatic nitrogens is 6. The average molecular weight is 1150 g/mol. The monoisotopic (exact) mass is 1150 g/mol. The minimum absolute atomic E-state index is 0.336. The van der Waals surface area contributed by atoms with Crippen molar-refractivity contribution in [3.8, 4) is 51.8 Å². The van der Waals surface area contributed by atoms with Crippen molar-refractivity contribution in [2.24, 2.45) is 0 Å². The molecule has 3 aliphatic heterocycles. The van der Waals surface area contributed by atoms with Crippen LogP contribution in [0, 0.1) is 0 Å². The third-order valence-electron chi connectivity index (χ3n) is 12.9. The number of ether oxygens (including phenoxy) is 3. The molecule has 24 nitrogen and oxygen atoms in total. The molecule has 0 saturated heterocycles. The molecule has 6 heterocycles. The molecular weight excluding hydrogens is 1080 g/mol. The molecule has 24 heteroatoms. The van der Waals surface area contributed by atoms with Crippen molar-refractivity contribution >= 4 is 35.4 Å². The number of carbonyl (C=O) groups is 6. The molecular formula is C60H66N12O12. The van der Waals surface area contributed by atoms with Crippen molar-refractivity contribution in [2.45, 2.75) is 56.7 Å². The molecule has 84 heavy (non-hydrogen) atoms. The number of hydrogen-bond acceptors (Lipinski definition) is 18. The molecule has 6 bridgehead atoms. The molecule has 3 atom stereocenters. The summed E-state index contributed by atoms with van der Waals surface area (Å²) in [5.41, 5.74) is 2.80. The first-order valence-electron chi connectivity index (χ1n) is 26.8. The van der Waals surface area contributed by atoms with E-state index in [9.17, 15) is 28.8 Å². The van der Waals surface area contributed by atoms with E-state index in [2.05, 4.69) is 45.9 Å². The van der Waals surface area contributed by atoms with E-state index in [1.807, 2.05) is 36.5 Å². The standard InChI is InChI=1S/3C20H22N4O4/c3*1-24(27-2)20(26)16-10-4-3-7-13-28-17-11-12-21-18(23-17)14-8-5-6-9-15(14)19(25)22-16/h3*3-6,8-9,11-12,16H,7,10,13H2,1-2H3,(H,22,25)/b4-3+;4-3-;/t3*16-/m000/s1. The fourth-order valence-corrected chi connectivity index (χ4v) is 8.33. The molecule has 3 aromatic heterocycles. The molecule has 0 fully saturated rings. The highest BCUT2D eigenvalue weighted by Crippen LogP contribution is 2.26. The van der Waals surface area contributed by atoms with Gasteiger partial charge in [0.2, 0.25) is 17.6 Å². The van der Waals surface area contributed by atoms with Gasteiger partial charge in [-0.05, 0) is 56.7 Å². The summed E-state index contributed by atoms with van der Waals surface area (Å²) in [7, 11) is 8.71. The Kier molecular flexibility index (Phi) is 23.1. The van der Waals surface area contributed by atoms with Crippen molar-refractivity contribution in [1.82, 2.24) is 61.0 Å². The van der Waals surface area contributed by atoms with Gasteiger partial charge in [-0.15, -0.1) is 0 Å². The van der Waals surface area contributed by atoms with Crippen LogP contribution >= 0.6 is 0 Å². The summed E-state index contributed by atoms with van der Waals surface area (Å²) in [5, 5.41) is 11.7. The van der Waals surface area contributed by atoms with Gasteiger partial charge in [0.1, 0.15) is 18.1 Å². The molecule has 3 aromatic carbocycles. The van der Waals surface area contributed by atoms with Gasteiger partial charge in [0.05, 0.1) is 57.8 Å². The van der Waals surface area contributed by atoms with Crippen molar-refractivity contribution in [3.05, 3.63) is 163 Å². The summed E-state index contributed by atoms with van der Waals surface area (Å²) >= 11 is 0. The van der Waals surface area contributed by atoms with E-state index in [-0.39, 0.29) is 35.4 Å². The molecule has 9 rings (SSSR count). The highest BCUT2D eigenvalue weighted by Gasteiger charge is 2.29. The Morgan fingerprint density at radius 2 is 0.679 bits per heavy atom. The second kappa shape index (κ2) is 31.4. The van der Waals surface area contributed by atoms with Crippen LogP contribution in [0.5, 0.6) is 17.6 Å². The maximum absolute atomic E-state index is 13.0. The summed E-state index contributed by atoms with van der Waals surface area (Å²) in [6.07, 6.45) is 19.0. The third-order valence-corrected chi connectivity index (χ3v) is 12.9. The maximum Gasteiger partial charge on any atom is 0.268 e. The predicted molar refractivity (Wildman–Crippen MR) is 307 cm³/mol. The average Bonchev–Trinajstić information content (AvgIpc) is 3.72. The van der Waals surface area contributed by atoms with Crippen molar-refractivity contribution in [2.75, 3.05) is 62.3 Å². The molecule has 438 valence electrons. The summed E-state index contributed by atoms with van der Waals surface area (Å²) in [6.45, 7) is 1.33. The SMILES string of the molecule is CON(C)C(=O)[C@@H]1C/C=C/CCOc2ccnc(n2)-c2ccccc2C(=O)N1.CON(C)C(=O)[C@@H]1C/C=C\CCOc2ccnc(n2)-c2ccccc2C(=O)N1.CON(C)C(=O)[C@@H]1CC=CCCOc2ccnc(n2)-c2ccccc2C(=O)N1. The molecule has 6 amide bonds. The Balaban J connectivity index is 0.000000181. The van der Waals surface area contributed by atoms with Gasteiger partial charge in [0.25, 0.3) is 35.4 Å². The van der Waals surface area contributed by atoms with E-state index in [1.54, 1.807) is 110 Å². The zero-order valence-electron chi connectivity index (χ0n) is 47.4. The molecule has 0 aliphatic carbocycles. The number of hydrogen-bond donors (Lipinski definition) is 3.